The van der Waals surface area contributed by atoms with Gasteiger partial charge in [0.15, 0.2) is 0 Å². The fraction of sp³-hybridized carbons (Fsp3) is 0.500. The Morgan fingerprint density at radius 2 is 2.37 bits per heavy atom. The molecule has 1 fully saturated rings. The molecule has 104 valence electrons. The number of halogens is 1. The summed E-state index contributed by atoms with van der Waals surface area (Å²) in [7, 11) is 0. The Morgan fingerprint density at radius 1 is 1.58 bits per heavy atom. The molecule has 0 spiro atoms. The molecule has 5 heteroatoms. The summed E-state index contributed by atoms with van der Waals surface area (Å²) in [5.74, 6) is 0.212. The van der Waals surface area contributed by atoms with Gasteiger partial charge in [-0.1, -0.05) is 22.0 Å². The number of rotatable bonds is 2. The van der Waals surface area contributed by atoms with Crippen molar-refractivity contribution in [2.75, 3.05) is 25.0 Å². The number of aryl methyl sites for hydroxylation is 1. The van der Waals surface area contributed by atoms with E-state index in [-0.39, 0.29) is 18.6 Å². The maximum absolute atomic E-state index is 12.1. The van der Waals surface area contributed by atoms with Gasteiger partial charge >= 0.3 is 6.03 Å². The maximum Gasteiger partial charge on any atom is 0.321 e. The average molecular weight is 327 g/mol. The first-order chi connectivity index (χ1) is 9.10. The van der Waals surface area contributed by atoms with Crippen LogP contribution in [-0.2, 0) is 0 Å². The van der Waals surface area contributed by atoms with Crippen molar-refractivity contribution in [1.82, 2.24) is 4.90 Å². The van der Waals surface area contributed by atoms with Gasteiger partial charge < -0.3 is 15.3 Å². The van der Waals surface area contributed by atoms with Crippen LogP contribution in [0.1, 0.15) is 18.4 Å². The standard InChI is InChI=1S/C14H19BrN2O2/c1-10-4-5-12(7-13(10)15)16-14(19)17-6-2-3-11(8-17)9-18/h4-5,7,11,18H,2-3,6,8-9H2,1H3,(H,16,19). The SMILES string of the molecule is Cc1ccc(NC(=O)N2CCCC(CO)C2)cc1Br. The van der Waals surface area contributed by atoms with Crippen molar-refractivity contribution in [3.8, 4) is 0 Å². The summed E-state index contributed by atoms with van der Waals surface area (Å²) in [4.78, 5) is 13.9. The summed E-state index contributed by atoms with van der Waals surface area (Å²) in [6, 6.07) is 5.67. The summed E-state index contributed by atoms with van der Waals surface area (Å²) >= 11 is 3.45. The van der Waals surface area contributed by atoms with Crippen molar-refractivity contribution < 1.29 is 9.90 Å². The van der Waals surface area contributed by atoms with Crippen molar-refractivity contribution >= 4 is 27.6 Å². The largest absolute Gasteiger partial charge is 0.396 e. The average Bonchev–Trinajstić information content (AvgIpc) is 2.43. The van der Waals surface area contributed by atoms with E-state index >= 15 is 0 Å². The van der Waals surface area contributed by atoms with E-state index in [1.165, 1.54) is 0 Å². The first-order valence-corrected chi connectivity index (χ1v) is 7.32. The van der Waals surface area contributed by atoms with E-state index in [9.17, 15) is 9.90 Å². The molecule has 2 rings (SSSR count). The molecule has 19 heavy (non-hydrogen) atoms. The number of nitrogens with zero attached hydrogens (tertiary/aromatic N) is 1. The highest BCUT2D eigenvalue weighted by atomic mass is 79.9. The molecule has 1 aromatic carbocycles. The van der Waals surface area contributed by atoms with Gasteiger partial charge in [-0.3, -0.25) is 0 Å². The van der Waals surface area contributed by atoms with Gasteiger partial charge in [-0.15, -0.1) is 0 Å². The van der Waals surface area contributed by atoms with Crippen LogP contribution in [0.2, 0.25) is 0 Å². The van der Waals surface area contributed by atoms with Crippen LogP contribution in [0.4, 0.5) is 10.5 Å². The van der Waals surface area contributed by atoms with E-state index in [1.54, 1.807) is 4.90 Å². The van der Waals surface area contributed by atoms with E-state index in [4.69, 9.17) is 0 Å². The number of amides is 2. The molecule has 0 radical (unpaired) electrons. The van der Waals surface area contributed by atoms with Gasteiger partial charge in [-0.05, 0) is 43.4 Å². The molecular formula is C14H19BrN2O2. The fourth-order valence-electron chi connectivity index (χ4n) is 2.27. The van der Waals surface area contributed by atoms with Crippen LogP contribution in [-0.4, -0.2) is 35.7 Å². The monoisotopic (exact) mass is 326 g/mol. The van der Waals surface area contributed by atoms with E-state index < -0.39 is 0 Å². The number of aliphatic hydroxyl groups excluding tert-OH is 1. The number of carbonyl (C=O) groups is 1. The smallest absolute Gasteiger partial charge is 0.321 e. The quantitative estimate of drug-likeness (QED) is 0.877. The third-order valence-electron chi connectivity index (χ3n) is 3.49. The van der Waals surface area contributed by atoms with Crippen LogP contribution in [0.5, 0.6) is 0 Å². The van der Waals surface area contributed by atoms with Crippen molar-refractivity contribution in [1.29, 1.82) is 0 Å². The van der Waals surface area contributed by atoms with Gasteiger partial charge in [-0.2, -0.15) is 0 Å². The zero-order chi connectivity index (χ0) is 13.8. The zero-order valence-corrected chi connectivity index (χ0v) is 12.6. The van der Waals surface area contributed by atoms with Crippen LogP contribution < -0.4 is 5.32 Å². The molecular weight excluding hydrogens is 308 g/mol. The number of hydrogen-bond donors (Lipinski definition) is 2. The molecule has 1 heterocycles. The maximum atomic E-state index is 12.1. The number of nitrogens with one attached hydrogen (secondary N) is 1. The first kappa shape index (κ1) is 14.3. The Balaban J connectivity index is 1.98. The molecule has 4 nitrogen and oxygen atoms in total. The first-order valence-electron chi connectivity index (χ1n) is 6.53. The Labute approximate surface area is 121 Å². The second kappa shape index (κ2) is 6.39. The second-order valence-corrected chi connectivity index (χ2v) is 5.89. The molecule has 2 amide bonds. The second-order valence-electron chi connectivity index (χ2n) is 5.03. The zero-order valence-electron chi connectivity index (χ0n) is 11.0. The van der Waals surface area contributed by atoms with Gasteiger partial charge in [0.2, 0.25) is 0 Å². The van der Waals surface area contributed by atoms with Crippen molar-refractivity contribution in [3.05, 3.63) is 28.2 Å². The molecule has 1 atom stereocenters. The Bertz CT molecular complexity index is 465. The molecule has 1 saturated heterocycles. The summed E-state index contributed by atoms with van der Waals surface area (Å²) in [5, 5.41) is 12.1. The minimum absolute atomic E-state index is 0.0890. The van der Waals surface area contributed by atoms with Crippen molar-refractivity contribution in [2.24, 2.45) is 5.92 Å². The lowest BCUT2D eigenvalue weighted by Gasteiger charge is -2.31. The molecule has 1 unspecified atom stereocenters. The number of aliphatic hydroxyl groups is 1. The van der Waals surface area contributed by atoms with Crippen LogP contribution >= 0.6 is 15.9 Å². The summed E-state index contributed by atoms with van der Waals surface area (Å²) in [5.41, 5.74) is 1.92. The third kappa shape index (κ3) is 3.70. The third-order valence-corrected chi connectivity index (χ3v) is 4.34. The van der Waals surface area contributed by atoms with Crippen molar-refractivity contribution in [2.45, 2.75) is 19.8 Å². The minimum atomic E-state index is -0.0890. The van der Waals surface area contributed by atoms with Crippen LogP contribution in [0.25, 0.3) is 0 Å². The summed E-state index contributed by atoms with van der Waals surface area (Å²) in [6.07, 6.45) is 1.95. The lowest BCUT2D eigenvalue weighted by atomic mass is 9.99. The molecule has 1 aliphatic rings. The Hall–Kier alpha value is -1.07. The van der Waals surface area contributed by atoms with Gasteiger partial charge in [0, 0.05) is 29.9 Å². The highest BCUT2D eigenvalue weighted by Crippen LogP contribution is 2.22. The minimum Gasteiger partial charge on any atom is -0.396 e. The number of anilines is 1. The van der Waals surface area contributed by atoms with Gasteiger partial charge in [0.25, 0.3) is 0 Å². The Morgan fingerprint density at radius 3 is 3.05 bits per heavy atom. The topological polar surface area (TPSA) is 52.6 Å². The van der Waals surface area contributed by atoms with Gasteiger partial charge in [0.1, 0.15) is 0 Å². The number of carbonyl (C=O) groups excluding carboxylic acids is 1. The predicted molar refractivity (Wildman–Crippen MR) is 79.3 cm³/mol. The van der Waals surface area contributed by atoms with Gasteiger partial charge in [0.05, 0.1) is 0 Å². The number of hydrogen-bond acceptors (Lipinski definition) is 2. The molecule has 1 aromatic rings. The number of piperidine rings is 1. The summed E-state index contributed by atoms with van der Waals surface area (Å²) < 4.78 is 0.983. The van der Waals surface area contributed by atoms with Crippen LogP contribution in [0.3, 0.4) is 0 Å². The molecule has 0 aliphatic carbocycles. The molecule has 1 aliphatic heterocycles. The molecule has 0 bridgehead atoms. The van der Waals surface area contributed by atoms with Gasteiger partial charge in [-0.25, -0.2) is 4.79 Å². The fourth-order valence-corrected chi connectivity index (χ4v) is 2.65. The van der Waals surface area contributed by atoms with Crippen LogP contribution in [0.15, 0.2) is 22.7 Å². The lowest BCUT2D eigenvalue weighted by Crippen LogP contribution is -2.43. The van der Waals surface area contributed by atoms with E-state index in [0.717, 1.165) is 35.1 Å². The number of benzene rings is 1. The normalized spacial score (nSPS) is 19.3. The van der Waals surface area contributed by atoms with E-state index in [1.807, 2.05) is 25.1 Å². The lowest BCUT2D eigenvalue weighted by molar-refractivity contribution is 0.136. The van der Waals surface area contributed by atoms with E-state index in [2.05, 4.69) is 21.2 Å². The molecule has 0 aromatic heterocycles. The van der Waals surface area contributed by atoms with Crippen molar-refractivity contribution in [3.63, 3.8) is 0 Å². The summed E-state index contributed by atoms with van der Waals surface area (Å²) in [6.45, 7) is 3.55. The number of likely N-dealkylation sites (tertiary alicyclic amines) is 1. The number of urea groups is 1. The molecule has 0 saturated carbocycles. The highest BCUT2D eigenvalue weighted by Gasteiger charge is 2.23. The predicted octanol–water partition coefficient (Wildman–Crippen LogP) is 2.99. The highest BCUT2D eigenvalue weighted by molar-refractivity contribution is 9.10. The Kier molecular flexibility index (Phi) is 4.82. The molecule has 2 N–H and O–H groups in total. The van der Waals surface area contributed by atoms with E-state index in [0.29, 0.717) is 6.54 Å². The van der Waals surface area contributed by atoms with Crippen LogP contribution in [0, 0.1) is 12.8 Å².